The van der Waals surface area contributed by atoms with Gasteiger partial charge < -0.3 is 19.7 Å². The minimum absolute atomic E-state index is 0.0280. The van der Waals surface area contributed by atoms with E-state index in [0.717, 1.165) is 29.7 Å². The number of H-pyrrole nitrogens is 1. The number of aromatic amines is 1. The molecule has 4 rings (SSSR count). The Morgan fingerprint density at radius 2 is 1.92 bits per heavy atom. The van der Waals surface area contributed by atoms with Gasteiger partial charge in [0.05, 0.1) is 18.3 Å². The maximum absolute atomic E-state index is 10.2. The number of hydrogen-bond acceptors (Lipinski definition) is 5. The van der Waals surface area contributed by atoms with E-state index in [0.29, 0.717) is 11.4 Å². The summed E-state index contributed by atoms with van der Waals surface area (Å²) in [6.45, 7) is 2.17. The van der Waals surface area contributed by atoms with Gasteiger partial charge in [0, 0.05) is 30.2 Å². The van der Waals surface area contributed by atoms with E-state index in [1.807, 2.05) is 24.3 Å². The van der Waals surface area contributed by atoms with Crippen LogP contribution in [0, 0.1) is 0 Å². The fraction of sp³-hybridized carbons (Fsp3) is 0.263. The van der Waals surface area contributed by atoms with Crippen LogP contribution in [0.3, 0.4) is 0 Å². The fourth-order valence-electron chi connectivity index (χ4n) is 3.21. The lowest BCUT2D eigenvalue weighted by molar-refractivity contribution is 0.415. The number of benzene rings is 2. The van der Waals surface area contributed by atoms with Gasteiger partial charge in [0.2, 0.25) is 5.88 Å². The van der Waals surface area contributed by atoms with E-state index in [1.165, 1.54) is 18.5 Å². The van der Waals surface area contributed by atoms with Gasteiger partial charge in [-0.05, 0) is 43.2 Å². The number of nitrogens with one attached hydrogen (secondary N) is 1. The first kappa shape index (κ1) is 15.5. The third-order valence-electron chi connectivity index (χ3n) is 4.53. The van der Waals surface area contributed by atoms with Crippen LogP contribution in [0.2, 0.25) is 0 Å². The van der Waals surface area contributed by atoms with Gasteiger partial charge in [-0.15, -0.1) is 5.11 Å². The normalized spacial score (nSPS) is 14.7. The van der Waals surface area contributed by atoms with Crippen LogP contribution < -0.4 is 9.64 Å². The zero-order valence-electron chi connectivity index (χ0n) is 14.1. The maximum atomic E-state index is 10.2. The number of azo groups is 1. The van der Waals surface area contributed by atoms with Gasteiger partial charge in [-0.1, -0.05) is 6.07 Å². The molecule has 1 aliphatic rings. The minimum atomic E-state index is 0.0280. The Morgan fingerprint density at radius 1 is 1.08 bits per heavy atom. The van der Waals surface area contributed by atoms with Gasteiger partial charge in [-0.25, -0.2) is 0 Å². The van der Waals surface area contributed by atoms with Gasteiger partial charge >= 0.3 is 0 Å². The molecule has 0 amide bonds. The molecule has 6 heteroatoms. The van der Waals surface area contributed by atoms with Crippen LogP contribution in [-0.4, -0.2) is 30.3 Å². The molecule has 2 aromatic carbocycles. The first-order chi connectivity index (χ1) is 12.2. The largest absolute Gasteiger partial charge is 0.497 e. The van der Waals surface area contributed by atoms with E-state index < -0.39 is 0 Å². The SMILES string of the molecule is COc1cccc(N=Nc2c(O)[nH]c3cc(N4CCCC4)ccc23)c1. The lowest BCUT2D eigenvalue weighted by atomic mass is 10.2. The number of ether oxygens (including phenoxy) is 1. The summed E-state index contributed by atoms with van der Waals surface area (Å²) in [6, 6.07) is 13.5. The first-order valence-corrected chi connectivity index (χ1v) is 8.40. The summed E-state index contributed by atoms with van der Waals surface area (Å²) >= 11 is 0. The van der Waals surface area contributed by atoms with Crippen LogP contribution in [0.15, 0.2) is 52.7 Å². The van der Waals surface area contributed by atoms with Gasteiger partial charge in [-0.3, -0.25) is 0 Å². The Morgan fingerprint density at radius 3 is 2.72 bits per heavy atom. The summed E-state index contributed by atoms with van der Waals surface area (Å²) in [5, 5.41) is 19.5. The molecule has 0 atom stereocenters. The van der Waals surface area contributed by atoms with E-state index in [9.17, 15) is 5.11 Å². The Bertz CT molecular complexity index is 926. The molecule has 0 spiro atoms. The second-order valence-electron chi connectivity index (χ2n) is 6.15. The summed E-state index contributed by atoms with van der Waals surface area (Å²) in [7, 11) is 1.61. The van der Waals surface area contributed by atoms with Crippen LogP contribution in [-0.2, 0) is 0 Å². The molecule has 6 nitrogen and oxygen atoms in total. The second kappa shape index (κ2) is 6.47. The average molecular weight is 336 g/mol. The van der Waals surface area contributed by atoms with Crippen molar-refractivity contribution in [3.05, 3.63) is 42.5 Å². The molecule has 128 valence electrons. The summed E-state index contributed by atoms with van der Waals surface area (Å²) in [5.74, 6) is 0.745. The summed E-state index contributed by atoms with van der Waals surface area (Å²) in [4.78, 5) is 5.36. The number of aromatic hydroxyl groups is 1. The summed E-state index contributed by atoms with van der Waals surface area (Å²) < 4.78 is 5.19. The van der Waals surface area contributed by atoms with Gasteiger partial charge in [0.25, 0.3) is 0 Å². The quantitative estimate of drug-likeness (QED) is 0.666. The number of nitrogens with zero attached hydrogens (tertiary/aromatic N) is 3. The molecule has 0 bridgehead atoms. The Kier molecular flexibility index (Phi) is 4.01. The molecule has 0 radical (unpaired) electrons. The average Bonchev–Trinajstić information content (AvgIpc) is 3.27. The highest BCUT2D eigenvalue weighted by molar-refractivity contribution is 5.96. The smallest absolute Gasteiger partial charge is 0.218 e. The van der Waals surface area contributed by atoms with Gasteiger partial charge in [0.1, 0.15) is 5.75 Å². The molecule has 1 saturated heterocycles. The summed E-state index contributed by atoms with van der Waals surface area (Å²) in [5.41, 5.74) is 3.15. The number of aromatic nitrogens is 1. The highest BCUT2D eigenvalue weighted by atomic mass is 16.5. The standard InChI is InChI=1S/C19H20N4O2/c1-25-15-6-4-5-13(11-15)21-22-18-16-8-7-14(23-9-2-3-10-23)12-17(16)20-19(18)24/h4-8,11-12,20,24H,2-3,9-10H2,1H3. The molecular formula is C19H20N4O2. The number of hydrogen-bond donors (Lipinski definition) is 2. The number of rotatable bonds is 4. The van der Waals surface area contributed by atoms with Crippen LogP contribution >= 0.6 is 0 Å². The number of fused-ring (bicyclic) bond motifs is 1. The molecule has 25 heavy (non-hydrogen) atoms. The van der Waals surface area contributed by atoms with Crippen LogP contribution in [0.1, 0.15) is 12.8 Å². The van der Waals surface area contributed by atoms with E-state index in [1.54, 1.807) is 13.2 Å². The number of methoxy groups -OCH3 is 1. The van der Waals surface area contributed by atoms with Crippen molar-refractivity contribution in [2.24, 2.45) is 10.2 Å². The lowest BCUT2D eigenvalue weighted by Crippen LogP contribution is -2.17. The molecule has 2 heterocycles. The fourth-order valence-corrected chi connectivity index (χ4v) is 3.21. The second-order valence-corrected chi connectivity index (χ2v) is 6.15. The third-order valence-corrected chi connectivity index (χ3v) is 4.53. The molecule has 3 aromatic rings. The zero-order chi connectivity index (χ0) is 17.2. The zero-order valence-corrected chi connectivity index (χ0v) is 14.1. The van der Waals surface area contributed by atoms with Gasteiger partial charge in [0.15, 0.2) is 5.69 Å². The van der Waals surface area contributed by atoms with Gasteiger partial charge in [-0.2, -0.15) is 5.11 Å². The third kappa shape index (κ3) is 3.03. The Balaban J connectivity index is 1.67. The van der Waals surface area contributed by atoms with Crippen molar-refractivity contribution in [1.29, 1.82) is 0 Å². The van der Waals surface area contributed by atoms with Crippen molar-refractivity contribution in [3.63, 3.8) is 0 Å². The monoisotopic (exact) mass is 336 g/mol. The molecule has 0 aliphatic carbocycles. The van der Waals surface area contributed by atoms with Crippen molar-refractivity contribution in [2.45, 2.75) is 12.8 Å². The Labute approximate surface area is 145 Å². The minimum Gasteiger partial charge on any atom is -0.497 e. The maximum Gasteiger partial charge on any atom is 0.218 e. The number of anilines is 1. The molecule has 1 fully saturated rings. The molecule has 2 N–H and O–H groups in total. The summed E-state index contributed by atoms with van der Waals surface area (Å²) in [6.07, 6.45) is 2.46. The molecule has 0 unspecified atom stereocenters. The highest BCUT2D eigenvalue weighted by Crippen LogP contribution is 2.38. The van der Waals surface area contributed by atoms with E-state index in [4.69, 9.17) is 4.74 Å². The molecule has 0 saturated carbocycles. The molecule has 1 aromatic heterocycles. The van der Waals surface area contributed by atoms with E-state index in [-0.39, 0.29) is 5.88 Å². The predicted molar refractivity (Wildman–Crippen MR) is 98.6 cm³/mol. The van der Waals surface area contributed by atoms with Crippen molar-refractivity contribution in [1.82, 2.24) is 4.98 Å². The van der Waals surface area contributed by atoms with Crippen molar-refractivity contribution in [3.8, 4) is 11.6 Å². The Hall–Kier alpha value is -3.02. The predicted octanol–water partition coefficient (Wildman–Crippen LogP) is 4.90. The van der Waals surface area contributed by atoms with Crippen LogP contribution in [0.25, 0.3) is 10.9 Å². The van der Waals surface area contributed by atoms with Crippen LogP contribution in [0.5, 0.6) is 11.6 Å². The van der Waals surface area contributed by atoms with E-state index in [2.05, 4.69) is 32.2 Å². The van der Waals surface area contributed by atoms with E-state index >= 15 is 0 Å². The van der Waals surface area contributed by atoms with Crippen LogP contribution in [0.4, 0.5) is 17.1 Å². The topological polar surface area (TPSA) is 73.2 Å². The first-order valence-electron chi connectivity index (χ1n) is 8.40. The lowest BCUT2D eigenvalue weighted by Gasteiger charge is -2.17. The molecule has 1 aliphatic heterocycles. The van der Waals surface area contributed by atoms with Crippen molar-refractivity contribution < 1.29 is 9.84 Å². The van der Waals surface area contributed by atoms with Crippen molar-refractivity contribution in [2.75, 3.05) is 25.1 Å². The highest BCUT2D eigenvalue weighted by Gasteiger charge is 2.15. The van der Waals surface area contributed by atoms with Crippen molar-refractivity contribution >= 4 is 28.0 Å². The molecular weight excluding hydrogens is 316 g/mol.